The molecule has 0 N–H and O–H groups in total. The number of halogens is 2. The minimum absolute atomic E-state index is 0.216. The number of hydrogen-bond donors (Lipinski definition) is 0. The van der Waals surface area contributed by atoms with Gasteiger partial charge in [0, 0.05) is 12.5 Å². The Hall–Kier alpha value is -2.04. The second-order valence-electron chi connectivity index (χ2n) is 5.20. The number of ether oxygens (including phenoxy) is 1. The maximum absolute atomic E-state index is 11.9. The van der Waals surface area contributed by atoms with E-state index in [0.29, 0.717) is 15.6 Å². The second-order valence-corrected chi connectivity index (χ2v) is 5.98. The van der Waals surface area contributed by atoms with Crippen molar-refractivity contribution in [3.63, 3.8) is 0 Å². The predicted octanol–water partition coefficient (Wildman–Crippen LogP) is 4.54. The Morgan fingerprint density at radius 1 is 1.17 bits per heavy atom. The third-order valence-electron chi connectivity index (χ3n) is 3.60. The Bertz CT molecular complexity index is 805. The van der Waals surface area contributed by atoms with Gasteiger partial charge < -0.3 is 4.74 Å². The summed E-state index contributed by atoms with van der Waals surface area (Å²) < 4.78 is 5.94. The van der Waals surface area contributed by atoms with Crippen LogP contribution in [-0.2, 0) is 9.53 Å². The summed E-state index contributed by atoms with van der Waals surface area (Å²) in [6, 6.07) is 12.9. The standard InChI is InChI=1S/C17H14Cl2N2O2/c1-10-6-3-4-7-12(10)17-21(11(2)22)20-16(23-17)13-8-5-9-14(18)15(13)19/h3-9,17H,1-2H3/t17-/m1/s1. The molecule has 2 aromatic carbocycles. The summed E-state index contributed by atoms with van der Waals surface area (Å²) in [5, 5.41) is 6.36. The average molecular weight is 349 g/mol. The topological polar surface area (TPSA) is 41.9 Å². The van der Waals surface area contributed by atoms with E-state index >= 15 is 0 Å². The van der Waals surface area contributed by atoms with E-state index in [1.165, 1.54) is 11.9 Å². The molecule has 4 nitrogen and oxygen atoms in total. The highest BCUT2D eigenvalue weighted by Crippen LogP contribution is 2.35. The molecule has 1 aliphatic rings. The molecule has 0 aliphatic carbocycles. The molecule has 0 fully saturated rings. The Kier molecular flexibility index (Phi) is 4.28. The van der Waals surface area contributed by atoms with Gasteiger partial charge in [0.05, 0.1) is 15.6 Å². The number of carbonyl (C=O) groups excluding carboxylic acids is 1. The molecule has 3 rings (SSSR count). The van der Waals surface area contributed by atoms with E-state index in [9.17, 15) is 4.79 Å². The molecule has 1 amide bonds. The molecule has 6 heteroatoms. The molecule has 0 radical (unpaired) electrons. The molecule has 23 heavy (non-hydrogen) atoms. The first-order valence-corrected chi connectivity index (χ1v) is 7.79. The van der Waals surface area contributed by atoms with Crippen LogP contribution in [0.3, 0.4) is 0 Å². The lowest BCUT2D eigenvalue weighted by Crippen LogP contribution is -2.25. The van der Waals surface area contributed by atoms with Crippen molar-refractivity contribution in [3.8, 4) is 0 Å². The lowest BCUT2D eigenvalue weighted by Gasteiger charge is -2.20. The van der Waals surface area contributed by atoms with Gasteiger partial charge in [0.25, 0.3) is 0 Å². The Balaban J connectivity index is 2.03. The van der Waals surface area contributed by atoms with Gasteiger partial charge in [-0.3, -0.25) is 4.79 Å². The van der Waals surface area contributed by atoms with E-state index in [0.717, 1.165) is 11.1 Å². The fourth-order valence-corrected chi connectivity index (χ4v) is 2.79. The Morgan fingerprint density at radius 2 is 1.91 bits per heavy atom. The third kappa shape index (κ3) is 2.92. The van der Waals surface area contributed by atoms with Crippen molar-refractivity contribution in [1.29, 1.82) is 0 Å². The maximum atomic E-state index is 11.9. The van der Waals surface area contributed by atoms with E-state index in [1.807, 2.05) is 31.2 Å². The normalized spacial score (nSPS) is 17.0. The summed E-state index contributed by atoms with van der Waals surface area (Å²) in [6.07, 6.45) is -0.612. The highest BCUT2D eigenvalue weighted by atomic mass is 35.5. The average Bonchev–Trinajstić information content (AvgIpc) is 2.95. The van der Waals surface area contributed by atoms with Gasteiger partial charge >= 0.3 is 0 Å². The summed E-state index contributed by atoms with van der Waals surface area (Å²) in [5.74, 6) is 0.0624. The molecule has 1 heterocycles. The Labute approximate surface area is 144 Å². The minimum atomic E-state index is -0.612. The Morgan fingerprint density at radius 3 is 2.61 bits per heavy atom. The molecule has 118 valence electrons. The first-order valence-electron chi connectivity index (χ1n) is 7.04. The predicted molar refractivity (Wildman–Crippen MR) is 90.5 cm³/mol. The molecular weight excluding hydrogens is 335 g/mol. The van der Waals surface area contributed by atoms with Crippen molar-refractivity contribution in [2.45, 2.75) is 20.1 Å². The van der Waals surface area contributed by atoms with Gasteiger partial charge in [-0.15, -0.1) is 5.10 Å². The number of rotatable bonds is 2. The lowest BCUT2D eigenvalue weighted by molar-refractivity contribution is -0.135. The van der Waals surface area contributed by atoms with E-state index in [1.54, 1.807) is 18.2 Å². The molecule has 2 aromatic rings. The highest BCUT2D eigenvalue weighted by molar-refractivity contribution is 6.43. The SMILES string of the molecule is CC(=O)N1N=C(c2cccc(Cl)c2Cl)O[C@@H]1c1ccccc1C. The van der Waals surface area contributed by atoms with Crippen molar-refractivity contribution < 1.29 is 9.53 Å². The molecule has 0 aromatic heterocycles. The molecule has 0 bridgehead atoms. The van der Waals surface area contributed by atoms with Crippen LogP contribution >= 0.6 is 23.2 Å². The number of hydrazone groups is 1. The molecule has 1 atom stereocenters. The molecule has 0 saturated carbocycles. The van der Waals surface area contributed by atoms with Gasteiger partial charge in [-0.05, 0) is 24.6 Å². The van der Waals surface area contributed by atoms with Crippen LogP contribution in [0.5, 0.6) is 0 Å². The van der Waals surface area contributed by atoms with E-state index < -0.39 is 6.23 Å². The van der Waals surface area contributed by atoms with Crippen molar-refractivity contribution in [2.24, 2.45) is 5.10 Å². The van der Waals surface area contributed by atoms with Crippen LogP contribution in [0.4, 0.5) is 0 Å². The van der Waals surface area contributed by atoms with Gasteiger partial charge in [0.1, 0.15) is 0 Å². The van der Waals surface area contributed by atoms with Gasteiger partial charge in [-0.25, -0.2) is 0 Å². The van der Waals surface area contributed by atoms with Gasteiger partial charge in [0.15, 0.2) is 0 Å². The van der Waals surface area contributed by atoms with E-state index in [2.05, 4.69) is 5.10 Å². The second kappa shape index (κ2) is 6.22. The molecule has 0 saturated heterocycles. The number of benzene rings is 2. The van der Waals surface area contributed by atoms with Gasteiger partial charge in [0.2, 0.25) is 18.0 Å². The first kappa shape index (κ1) is 15.8. The summed E-state index contributed by atoms with van der Waals surface area (Å²) in [5.41, 5.74) is 2.44. The van der Waals surface area contributed by atoms with Crippen LogP contribution < -0.4 is 0 Å². The first-order chi connectivity index (χ1) is 11.0. The van der Waals surface area contributed by atoms with Crippen LogP contribution in [0.25, 0.3) is 0 Å². The third-order valence-corrected chi connectivity index (χ3v) is 4.42. The van der Waals surface area contributed by atoms with E-state index in [4.69, 9.17) is 27.9 Å². The molecule has 1 aliphatic heterocycles. The zero-order valence-corrected chi connectivity index (χ0v) is 14.1. The summed E-state index contributed by atoms with van der Waals surface area (Å²) in [6.45, 7) is 3.40. The smallest absolute Gasteiger partial charge is 0.243 e. The summed E-state index contributed by atoms with van der Waals surface area (Å²) >= 11 is 12.3. The van der Waals surface area contributed by atoms with Crippen LogP contribution in [-0.4, -0.2) is 16.8 Å². The van der Waals surface area contributed by atoms with Crippen molar-refractivity contribution >= 4 is 35.0 Å². The van der Waals surface area contributed by atoms with Crippen molar-refractivity contribution in [2.75, 3.05) is 0 Å². The quantitative estimate of drug-likeness (QED) is 0.799. The fourth-order valence-electron chi connectivity index (χ4n) is 2.41. The molecular formula is C17H14Cl2N2O2. The molecule has 0 unspecified atom stereocenters. The minimum Gasteiger partial charge on any atom is -0.446 e. The van der Waals surface area contributed by atoms with Crippen LogP contribution in [0.15, 0.2) is 47.6 Å². The van der Waals surface area contributed by atoms with Gasteiger partial charge in [-0.2, -0.15) is 5.01 Å². The fraction of sp³-hybridized carbons (Fsp3) is 0.176. The summed E-state index contributed by atoms with van der Waals surface area (Å²) in [4.78, 5) is 11.9. The van der Waals surface area contributed by atoms with Crippen LogP contribution in [0.1, 0.15) is 29.8 Å². The van der Waals surface area contributed by atoms with Crippen LogP contribution in [0.2, 0.25) is 10.0 Å². The maximum Gasteiger partial charge on any atom is 0.243 e. The monoisotopic (exact) mass is 348 g/mol. The zero-order chi connectivity index (χ0) is 16.6. The van der Waals surface area contributed by atoms with Gasteiger partial charge in [-0.1, -0.05) is 53.5 Å². The van der Waals surface area contributed by atoms with Crippen molar-refractivity contribution in [1.82, 2.24) is 5.01 Å². The highest BCUT2D eigenvalue weighted by Gasteiger charge is 2.34. The van der Waals surface area contributed by atoms with E-state index in [-0.39, 0.29) is 11.8 Å². The lowest BCUT2D eigenvalue weighted by atomic mass is 10.1. The van der Waals surface area contributed by atoms with Crippen LogP contribution in [0, 0.1) is 6.92 Å². The molecule has 0 spiro atoms. The number of aryl methyl sites for hydroxylation is 1. The summed E-state index contributed by atoms with van der Waals surface area (Å²) in [7, 11) is 0. The number of nitrogens with zero attached hydrogens (tertiary/aromatic N) is 2. The number of carbonyl (C=O) groups is 1. The van der Waals surface area contributed by atoms with Crippen molar-refractivity contribution in [3.05, 3.63) is 69.2 Å². The number of hydrogen-bond acceptors (Lipinski definition) is 3. The zero-order valence-electron chi connectivity index (χ0n) is 12.6. The number of amides is 1. The largest absolute Gasteiger partial charge is 0.446 e.